The average Bonchev–Trinajstić information content (AvgIpc) is 2.37. The lowest BCUT2D eigenvalue weighted by atomic mass is 9.90. The van der Waals surface area contributed by atoms with Gasteiger partial charge in [-0.05, 0) is 37.2 Å². The van der Waals surface area contributed by atoms with Gasteiger partial charge in [0.2, 0.25) is 5.56 Å². The van der Waals surface area contributed by atoms with Gasteiger partial charge < -0.3 is 15.4 Å². The first kappa shape index (κ1) is 14.3. The molecule has 0 saturated carbocycles. The van der Waals surface area contributed by atoms with Crippen molar-refractivity contribution in [3.05, 3.63) is 33.7 Å². The molecule has 1 aliphatic rings. The van der Waals surface area contributed by atoms with Crippen LogP contribution in [0.15, 0.2) is 16.9 Å². The molecule has 1 aliphatic carbocycles. The van der Waals surface area contributed by atoms with E-state index in [2.05, 4.69) is 24.1 Å². The topological polar surface area (TPSA) is 65.1 Å². The minimum Gasteiger partial charge on any atom is -0.395 e. The Morgan fingerprint density at radius 1 is 1.47 bits per heavy atom. The molecule has 1 aromatic heterocycles. The number of rotatable bonds is 5. The van der Waals surface area contributed by atoms with Crippen molar-refractivity contribution in [2.24, 2.45) is 5.92 Å². The van der Waals surface area contributed by atoms with Gasteiger partial charge in [0.05, 0.1) is 6.61 Å². The van der Waals surface area contributed by atoms with E-state index in [4.69, 9.17) is 0 Å². The zero-order chi connectivity index (χ0) is 13.8. The zero-order valence-electron chi connectivity index (χ0n) is 11.8. The first-order valence-electron chi connectivity index (χ1n) is 7.19. The van der Waals surface area contributed by atoms with E-state index < -0.39 is 0 Å². The Balaban J connectivity index is 2.12. The Kier molecular flexibility index (Phi) is 4.77. The van der Waals surface area contributed by atoms with E-state index in [1.165, 1.54) is 5.56 Å². The van der Waals surface area contributed by atoms with Crippen molar-refractivity contribution >= 4 is 0 Å². The summed E-state index contributed by atoms with van der Waals surface area (Å²) in [7, 11) is 0. The summed E-state index contributed by atoms with van der Waals surface area (Å²) in [6, 6.07) is 3.89. The van der Waals surface area contributed by atoms with Gasteiger partial charge in [-0.1, -0.05) is 19.9 Å². The zero-order valence-corrected chi connectivity index (χ0v) is 11.8. The second-order valence-corrected chi connectivity index (χ2v) is 5.88. The predicted molar refractivity (Wildman–Crippen MR) is 76.2 cm³/mol. The molecule has 4 heteroatoms. The van der Waals surface area contributed by atoms with Crippen molar-refractivity contribution in [1.29, 1.82) is 0 Å². The number of aliphatic hydroxyl groups is 1. The molecule has 0 aromatic carbocycles. The maximum atomic E-state index is 11.4. The van der Waals surface area contributed by atoms with E-state index in [0.717, 1.165) is 31.4 Å². The third kappa shape index (κ3) is 3.67. The molecule has 0 fully saturated rings. The number of fused-ring (bicyclic) bond motifs is 1. The van der Waals surface area contributed by atoms with Crippen LogP contribution in [-0.4, -0.2) is 22.7 Å². The highest BCUT2D eigenvalue weighted by molar-refractivity contribution is 5.26. The van der Waals surface area contributed by atoms with Gasteiger partial charge in [-0.15, -0.1) is 0 Å². The smallest absolute Gasteiger partial charge is 0.248 e. The van der Waals surface area contributed by atoms with Crippen LogP contribution in [0.1, 0.15) is 50.4 Å². The van der Waals surface area contributed by atoms with Crippen LogP contribution in [0.4, 0.5) is 0 Å². The Bertz CT molecular complexity index is 467. The molecule has 0 radical (unpaired) electrons. The van der Waals surface area contributed by atoms with Crippen molar-refractivity contribution in [1.82, 2.24) is 10.3 Å². The summed E-state index contributed by atoms with van der Waals surface area (Å²) in [4.78, 5) is 14.3. The SMILES string of the molecule is CC(C)CC(CO)NC1CCCc2[nH]c(=O)ccc21. The molecule has 0 spiro atoms. The maximum absolute atomic E-state index is 11.4. The molecule has 4 nitrogen and oxygen atoms in total. The molecule has 1 heterocycles. The molecule has 3 N–H and O–H groups in total. The third-order valence-electron chi connectivity index (χ3n) is 3.75. The van der Waals surface area contributed by atoms with Crippen molar-refractivity contribution in [2.75, 3.05) is 6.61 Å². The van der Waals surface area contributed by atoms with E-state index in [1.54, 1.807) is 6.07 Å². The lowest BCUT2D eigenvalue weighted by Gasteiger charge is -2.30. The van der Waals surface area contributed by atoms with Gasteiger partial charge in [-0.2, -0.15) is 0 Å². The number of nitrogens with one attached hydrogen (secondary N) is 2. The van der Waals surface area contributed by atoms with Crippen molar-refractivity contribution < 1.29 is 5.11 Å². The minimum atomic E-state index is -0.0275. The number of H-pyrrole nitrogens is 1. The molecule has 0 amide bonds. The number of hydrogen-bond donors (Lipinski definition) is 3. The fraction of sp³-hybridized carbons (Fsp3) is 0.667. The van der Waals surface area contributed by atoms with Gasteiger partial charge in [0.1, 0.15) is 0 Å². The quantitative estimate of drug-likeness (QED) is 0.759. The number of pyridine rings is 1. The summed E-state index contributed by atoms with van der Waals surface area (Å²) in [5.74, 6) is 0.559. The van der Waals surface area contributed by atoms with Crippen LogP contribution in [0.25, 0.3) is 0 Å². The highest BCUT2D eigenvalue weighted by Gasteiger charge is 2.23. The van der Waals surface area contributed by atoms with Gasteiger partial charge in [0, 0.05) is 23.8 Å². The molecule has 1 aromatic rings. The van der Waals surface area contributed by atoms with Gasteiger partial charge in [0.25, 0.3) is 0 Å². The first-order valence-corrected chi connectivity index (χ1v) is 7.19. The Morgan fingerprint density at radius 3 is 2.95 bits per heavy atom. The lowest BCUT2D eigenvalue weighted by Crippen LogP contribution is -2.38. The van der Waals surface area contributed by atoms with Crippen LogP contribution >= 0.6 is 0 Å². The average molecular weight is 264 g/mol. The van der Waals surface area contributed by atoms with Crippen molar-refractivity contribution in [3.8, 4) is 0 Å². The summed E-state index contributed by atoms with van der Waals surface area (Å²) in [6.45, 7) is 4.49. The molecule has 2 atom stereocenters. The summed E-state index contributed by atoms with van der Waals surface area (Å²) in [5.41, 5.74) is 2.21. The van der Waals surface area contributed by atoms with Crippen LogP contribution in [0.2, 0.25) is 0 Å². The van der Waals surface area contributed by atoms with Crippen molar-refractivity contribution in [3.63, 3.8) is 0 Å². The normalized spacial score (nSPS) is 20.3. The molecule has 0 aliphatic heterocycles. The van der Waals surface area contributed by atoms with Gasteiger partial charge in [-0.3, -0.25) is 4.79 Å². The number of aromatic nitrogens is 1. The molecular formula is C15H24N2O2. The lowest BCUT2D eigenvalue weighted by molar-refractivity contribution is 0.208. The summed E-state index contributed by atoms with van der Waals surface area (Å²) in [5, 5.41) is 13.0. The Hall–Kier alpha value is -1.13. The van der Waals surface area contributed by atoms with E-state index in [9.17, 15) is 9.90 Å². The van der Waals surface area contributed by atoms with Gasteiger partial charge in [-0.25, -0.2) is 0 Å². The van der Waals surface area contributed by atoms with Crippen LogP contribution in [0, 0.1) is 5.92 Å². The molecule has 2 rings (SSSR count). The Labute approximate surface area is 114 Å². The fourth-order valence-corrected chi connectivity index (χ4v) is 2.92. The minimum absolute atomic E-state index is 0.0275. The molecule has 19 heavy (non-hydrogen) atoms. The number of aryl methyl sites for hydroxylation is 1. The van der Waals surface area contributed by atoms with Crippen LogP contribution in [-0.2, 0) is 6.42 Å². The van der Waals surface area contributed by atoms with Crippen molar-refractivity contribution in [2.45, 2.75) is 51.6 Å². The van der Waals surface area contributed by atoms with E-state index in [-0.39, 0.29) is 24.2 Å². The summed E-state index contributed by atoms with van der Waals surface area (Å²) in [6.07, 6.45) is 4.04. The monoisotopic (exact) mass is 264 g/mol. The van der Waals surface area contributed by atoms with Gasteiger partial charge >= 0.3 is 0 Å². The third-order valence-corrected chi connectivity index (χ3v) is 3.75. The molecule has 0 bridgehead atoms. The second kappa shape index (κ2) is 6.35. The van der Waals surface area contributed by atoms with E-state index in [0.29, 0.717) is 5.92 Å². The second-order valence-electron chi connectivity index (χ2n) is 5.88. The largest absolute Gasteiger partial charge is 0.395 e. The number of aromatic amines is 1. The molecule has 0 saturated heterocycles. The first-order chi connectivity index (χ1) is 9.10. The fourth-order valence-electron chi connectivity index (χ4n) is 2.92. The predicted octanol–water partition coefficient (Wildman–Crippen LogP) is 1.75. The van der Waals surface area contributed by atoms with E-state index in [1.807, 2.05) is 6.07 Å². The van der Waals surface area contributed by atoms with E-state index >= 15 is 0 Å². The van der Waals surface area contributed by atoms with Crippen LogP contribution in [0.5, 0.6) is 0 Å². The standard InChI is InChI=1S/C15H24N2O2/c1-10(2)8-11(9-18)16-13-4-3-5-14-12(13)6-7-15(19)17-14/h6-7,10-11,13,16,18H,3-5,8-9H2,1-2H3,(H,17,19). The maximum Gasteiger partial charge on any atom is 0.248 e. The molecule has 106 valence electrons. The molecular weight excluding hydrogens is 240 g/mol. The molecule has 2 unspecified atom stereocenters. The van der Waals surface area contributed by atoms with Gasteiger partial charge in [0.15, 0.2) is 0 Å². The van der Waals surface area contributed by atoms with Crippen LogP contribution in [0.3, 0.4) is 0 Å². The summed E-state index contributed by atoms with van der Waals surface area (Å²) < 4.78 is 0. The number of aliphatic hydroxyl groups excluding tert-OH is 1. The highest BCUT2D eigenvalue weighted by atomic mass is 16.3. The van der Waals surface area contributed by atoms with Crippen LogP contribution < -0.4 is 10.9 Å². The highest BCUT2D eigenvalue weighted by Crippen LogP contribution is 2.28. The Morgan fingerprint density at radius 2 is 2.26 bits per heavy atom. The summed E-state index contributed by atoms with van der Waals surface area (Å²) >= 11 is 0. The number of hydrogen-bond acceptors (Lipinski definition) is 3.